The van der Waals surface area contributed by atoms with Crippen molar-refractivity contribution in [2.75, 3.05) is 20.1 Å². The lowest BCUT2D eigenvalue weighted by atomic mass is 10.2. The second-order valence-electron chi connectivity index (χ2n) is 3.26. The molecular formula is C10H14N2. The molecule has 1 fully saturated rings. The van der Waals surface area contributed by atoms with Crippen LogP contribution in [0.1, 0.15) is 5.56 Å². The summed E-state index contributed by atoms with van der Waals surface area (Å²) in [5, 5.41) is 4.60. The van der Waals surface area contributed by atoms with Crippen molar-refractivity contribution in [1.82, 2.24) is 10.0 Å². The summed E-state index contributed by atoms with van der Waals surface area (Å²) < 4.78 is 0. The first-order valence-electron chi connectivity index (χ1n) is 4.36. The van der Waals surface area contributed by atoms with Crippen molar-refractivity contribution < 1.29 is 0 Å². The molecule has 1 aliphatic rings. The van der Waals surface area contributed by atoms with E-state index in [9.17, 15) is 0 Å². The summed E-state index contributed by atoms with van der Waals surface area (Å²) in [7, 11) is 2.14. The molecule has 1 heterocycles. The molecule has 0 N–H and O–H groups in total. The Morgan fingerprint density at radius 1 is 1.25 bits per heavy atom. The van der Waals surface area contributed by atoms with Gasteiger partial charge in [-0.2, -0.15) is 0 Å². The van der Waals surface area contributed by atoms with Gasteiger partial charge in [0.2, 0.25) is 0 Å². The Kier molecular flexibility index (Phi) is 2.11. The van der Waals surface area contributed by atoms with Crippen molar-refractivity contribution in [3.63, 3.8) is 0 Å². The molecule has 0 saturated carbocycles. The van der Waals surface area contributed by atoms with Crippen molar-refractivity contribution in [3.8, 4) is 0 Å². The van der Waals surface area contributed by atoms with E-state index in [1.54, 1.807) is 0 Å². The van der Waals surface area contributed by atoms with Crippen molar-refractivity contribution in [3.05, 3.63) is 35.9 Å². The molecule has 0 spiro atoms. The van der Waals surface area contributed by atoms with Gasteiger partial charge in [0.15, 0.2) is 0 Å². The summed E-state index contributed by atoms with van der Waals surface area (Å²) >= 11 is 0. The Bertz CT molecular complexity index is 241. The summed E-state index contributed by atoms with van der Waals surface area (Å²) in [6.07, 6.45) is 0. The van der Waals surface area contributed by atoms with E-state index in [4.69, 9.17) is 0 Å². The van der Waals surface area contributed by atoms with Gasteiger partial charge in [0.05, 0.1) is 0 Å². The summed E-state index contributed by atoms with van der Waals surface area (Å²) in [5.41, 5.74) is 1.38. The number of hydrazine groups is 1. The van der Waals surface area contributed by atoms with Crippen LogP contribution in [0.25, 0.3) is 0 Å². The first kappa shape index (κ1) is 7.77. The Hall–Kier alpha value is -0.860. The molecule has 0 aliphatic carbocycles. The van der Waals surface area contributed by atoms with Crippen LogP contribution in [0.4, 0.5) is 0 Å². The third-order valence-corrected chi connectivity index (χ3v) is 2.16. The molecule has 1 aromatic rings. The minimum Gasteiger partial charge on any atom is -0.240 e. The molecular weight excluding hydrogens is 148 g/mol. The van der Waals surface area contributed by atoms with Crippen LogP contribution in [-0.2, 0) is 6.54 Å². The second-order valence-corrected chi connectivity index (χ2v) is 3.26. The molecule has 0 radical (unpaired) electrons. The quantitative estimate of drug-likeness (QED) is 0.619. The van der Waals surface area contributed by atoms with Crippen molar-refractivity contribution in [2.45, 2.75) is 6.54 Å². The van der Waals surface area contributed by atoms with Gasteiger partial charge in [0.25, 0.3) is 0 Å². The number of hydrogen-bond donors (Lipinski definition) is 0. The zero-order chi connectivity index (χ0) is 8.39. The lowest BCUT2D eigenvalue weighted by Crippen LogP contribution is -2.23. The second kappa shape index (κ2) is 3.25. The fourth-order valence-corrected chi connectivity index (χ4v) is 1.33. The Morgan fingerprint density at radius 2 is 1.92 bits per heavy atom. The van der Waals surface area contributed by atoms with Gasteiger partial charge >= 0.3 is 0 Å². The van der Waals surface area contributed by atoms with E-state index in [0.29, 0.717) is 0 Å². The van der Waals surface area contributed by atoms with Crippen LogP contribution < -0.4 is 0 Å². The Balaban J connectivity index is 1.94. The van der Waals surface area contributed by atoms with Crippen molar-refractivity contribution in [2.24, 2.45) is 0 Å². The van der Waals surface area contributed by atoms with E-state index in [-0.39, 0.29) is 0 Å². The molecule has 0 unspecified atom stereocenters. The van der Waals surface area contributed by atoms with Crippen LogP contribution >= 0.6 is 0 Å². The zero-order valence-electron chi connectivity index (χ0n) is 7.40. The van der Waals surface area contributed by atoms with Crippen molar-refractivity contribution >= 4 is 0 Å². The number of benzene rings is 1. The van der Waals surface area contributed by atoms with Crippen LogP contribution in [0.2, 0.25) is 0 Å². The number of rotatable bonds is 3. The fourth-order valence-electron chi connectivity index (χ4n) is 1.33. The molecule has 0 amide bonds. The fraction of sp³-hybridized carbons (Fsp3) is 0.400. The summed E-state index contributed by atoms with van der Waals surface area (Å²) in [5.74, 6) is 0. The third kappa shape index (κ3) is 1.84. The van der Waals surface area contributed by atoms with Gasteiger partial charge in [0, 0.05) is 26.7 Å². The van der Waals surface area contributed by atoms with E-state index in [1.165, 1.54) is 18.7 Å². The maximum Gasteiger partial charge on any atom is 0.0381 e. The summed E-state index contributed by atoms with van der Waals surface area (Å²) in [6, 6.07) is 10.6. The average molecular weight is 162 g/mol. The van der Waals surface area contributed by atoms with E-state index < -0.39 is 0 Å². The van der Waals surface area contributed by atoms with Crippen LogP contribution in [0.3, 0.4) is 0 Å². The Morgan fingerprint density at radius 3 is 2.50 bits per heavy atom. The molecule has 2 heteroatoms. The predicted octanol–water partition coefficient (Wildman–Crippen LogP) is 1.35. The van der Waals surface area contributed by atoms with E-state index in [0.717, 1.165) is 6.54 Å². The van der Waals surface area contributed by atoms with Gasteiger partial charge in [-0.25, -0.2) is 10.0 Å². The normalized spacial score (nSPS) is 16.8. The predicted molar refractivity (Wildman–Crippen MR) is 49.5 cm³/mol. The molecule has 0 aromatic heterocycles. The average Bonchev–Trinajstić information content (AvgIpc) is 2.88. The van der Waals surface area contributed by atoms with Gasteiger partial charge in [-0.3, -0.25) is 0 Å². The highest BCUT2D eigenvalue weighted by atomic mass is 15.7. The monoisotopic (exact) mass is 162 g/mol. The van der Waals surface area contributed by atoms with E-state index >= 15 is 0 Å². The molecule has 12 heavy (non-hydrogen) atoms. The molecule has 0 atom stereocenters. The standard InChI is InChI=1S/C10H14N2/c1-11(12-7-8-12)9-10-5-3-2-4-6-10/h2-6H,7-9H2,1H3. The van der Waals surface area contributed by atoms with Gasteiger partial charge in [-0.15, -0.1) is 0 Å². The Labute approximate surface area is 73.4 Å². The van der Waals surface area contributed by atoms with Crippen LogP contribution in [-0.4, -0.2) is 30.2 Å². The first-order valence-corrected chi connectivity index (χ1v) is 4.36. The minimum absolute atomic E-state index is 1.03. The van der Waals surface area contributed by atoms with Gasteiger partial charge in [-0.05, 0) is 5.56 Å². The molecule has 0 bridgehead atoms. The van der Waals surface area contributed by atoms with E-state index in [2.05, 4.69) is 47.4 Å². The molecule has 64 valence electrons. The SMILES string of the molecule is CN(Cc1ccccc1)N1CC1. The van der Waals surface area contributed by atoms with Crippen LogP contribution in [0.15, 0.2) is 30.3 Å². The van der Waals surface area contributed by atoms with E-state index in [1.807, 2.05) is 0 Å². The number of hydrogen-bond acceptors (Lipinski definition) is 2. The topological polar surface area (TPSA) is 6.25 Å². The minimum atomic E-state index is 1.03. The molecule has 1 aliphatic heterocycles. The van der Waals surface area contributed by atoms with Crippen molar-refractivity contribution in [1.29, 1.82) is 0 Å². The van der Waals surface area contributed by atoms with Crippen LogP contribution in [0.5, 0.6) is 0 Å². The van der Waals surface area contributed by atoms with Crippen LogP contribution in [0, 0.1) is 0 Å². The molecule has 1 saturated heterocycles. The maximum absolute atomic E-state index is 2.33. The summed E-state index contributed by atoms with van der Waals surface area (Å²) in [6.45, 7) is 3.48. The molecule has 2 rings (SSSR count). The number of nitrogens with zero attached hydrogens (tertiary/aromatic N) is 2. The molecule has 1 aromatic carbocycles. The lowest BCUT2D eigenvalue weighted by molar-refractivity contribution is 0.117. The first-order chi connectivity index (χ1) is 5.86. The lowest BCUT2D eigenvalue weighted by Gasteiger charge is -2.16. The highest BCUT2D eigenvalue weighted by molar-refractivity contribution is 5.14. The third-order valence-electron chi connectivity index (χ3n) is 2.16. The zero-order valence-corrected chi connectivity index (χ0v) is 7.40. The van der Waals surface area contributed by atoms with Gasteiger partial charge in [0.1, 0.15) is 0 Å². The maximum atomic E-state index is 2.33. The summed E-state index contributed by atoms with van der Waals surface area (Å²) in [4.78, 5) is 0. The van der Waals surface area contributed by atoms with Gasteiger partial charge in [-0.1, -0.05) is 30.3 Å². The highest BCUT2D eigenvalue weighted by Crippen LogP contribution is 2.11. The molecule has 2 nitrogen and oxygen atoms in total. The highest BCUT2D eigenvalue weighted by Gasteiger charge is 2.21. The smallest absolute Gasteiger partial charge is 0.0381 e. The largest absolute Gasteiger partial charge is 0.240 e. The van der Waals surface area contributed by atoms with Gasteiger partial charge < -0.3 is 0 Å².